The lowest BCUT2D eigenvalue weighted by atomic mass is 10.0. The van der Waals surface area contributed by atoms with Crippen LogP contribution in [0.3, 0.4) is 0 Å². The van der Waals surface area contributed by atoms with Crippen LogP contribution in [0.2, 0.25) is 5.02 Å². The average molecular weight is 354 g/mol. The van der Waals surface area contributed by atoms with Crippen LogP contribution >= 0.6 is 11.6 Å². The zero-order chi connectivity index (χ0) is 17.4. The van der Waals surface area contributed by atoms with E-state index in [2.05, 4.69) is 16.5 Å². The molecule has 0 saturated heterocycles. The number of aromatic nitrogens is 2. The average Bonchev–Trinajstić information content (AvgIpc) is 3.00. The summed E-state index contributed by atoms with van der Waals surface area (Å²) in [5.41, 5.74) is 4.73. The van der Waals surface area contributed by atoms with E-state index in [1.54, 1.807) is 35.1 Å². The highest BCUT2D eigenvalue weighted by Crippen LogP contribution is 2.37. The second-order valence-electron chi connectivity index (χ2n) is 6.02. The number of rotatable bonds is 3. The number of nitrogens with one attached hydrogen (secondary N) is 1. The number of ether oxygens (including phenoxy) is 1. The fourth-order valence-electron chi connectivity index (χ4n) is 2.94. The molecular formula is C19H16ClN3O2. The topological polar surface area (TPSA) is 56.2 Å². The van der Waals surface area contributed by atoms with Crippen molar-refractivity contribution in [1.82, 2.24) is 9.78 Å². The molecule has 0 aliphatic carbocycles. The van der Waals surface area contributed by atoms with E-state index in [1.165, 1.54) is 0 Å². The Morgan fingerprint density at radius 2 is 2.08 bits per heavy atom. The van der Waals surface area contributed by atoms with E-state index >= 15 is 0 Å². The lowest BCUT2D eigenvalue weighted by Crippen LogP contribution is -2.20. The fraction of sp³-hybridized carbons (Fsp3) is 0.158. The Balaban J connectivity index is 1.60. The largest absolute Gasteiger partial charge is 0.488 e. The number of aryl methyl sites for hydroxylation is 1. The van der Waals surface area contributed by atoms with Crippen LogP contribution in [0, 0.1) is 6.92 Å². The van der Waals surface area contributed by atoms with E-state index in [4.69, 9.17) is 16.3 Å². The molecule has 1 N–H and O–H groups in total. The van der Waals surface area contributed by atoms with Crippen LogP contribution in [0.5, 0.6) is 5.75 Å². The van der Waals surface area contributed by atoms with Gasteiger partial charge in [0.15, 0.2) is 0 Å². The van der Waals surface area contributed by atoms with E-state index in [0.29, 0.717) is 17.3 Å². The molecule has 1 aromatic heterocycles. The van der Waals surface area contributed by atoms with Gasteiger partial charge in [0.05, 0.1) is 11.9 Å². The summed E-state index contributed by atoms with van der Waals surface area (Å²) in [5.74, 6) is 0.673. The monoisotopic (exact) mass is 353 g/mol. The van der Waals surface area contributed by atoms with Gasteiger partial charge in [0.2, 0.25) is 5.91 Å². The van der Waals surface area contributed by atoms with E-state index in [0.717, 1.165) is 28.1 Å². The number of nitrogens with zero attached hydrogens (tertiary/aromatic N) is 2. The zero-order valence-electron chi connectivity index (χ0n) is 13.6. The SMILES string of the molecule is Cc1ccc2c(c1)-c1c(cnn1CC(=O)Nc1ccc(Cl)cc1)CO2. The van der Waals surface area contributed by atoms with Crippen LogP contribution in [0.15, 0.2) is 48.7 Å². The summed E-state index contributed by atoms with van der Waals surface area (Å²) in [6.07, 6.45) is 1.76. The molecule has 2 heterocycles. The first kappa shape index (κ1) is 15.7. The first-order valence-electron chi connectivity index (χ1n) is 7.94. The molecule has 0 spiro atoms. The predicted octanol–water partition coefficient (Wildman–Crippen LogP) is 4.04. The van der Waals surface area contributed by atoms with Gasteiger partial charge < -0.3 is 10.1 Å². The van der Waals surface area contributed by atoms with Crippen LogP contribution < -0.4 is 10.1 Å². The highest BCUT2D eigenvalue weighted by molar-refractivity contribution is 6.30. The highest BCUT2D eigenvalue weighted by Gasteiger charge is 2.23. The molecule has 1 amide bonds. The lowest BCUT2D eigenvalue weighted by Gasteiger charge is -2.19. The number of hydrogen-bond acceptors (Lipinski definition) is 3. The van der Waals surface area contributed by atoms with Crippen molar-refractivity contribution in [2.24, 2.45) is 0 Å². The standard InChI is InChI=1S/C19H16ClN3O2/c1-12-2-7-17-16(8-12)19-13(11-25-17)9-21-23(19)10-18(24)22-15-5-3-14(20)4-6-15/h2-9H,10-11H2,1H3,(H,22,24). The Labute approximate surface area is 150 Å². The zero-order valence-corrected chi connectivity index (χ0v) is 14.4. The summed E-state index contributed by atoms with van der Waals surface area (Å²) in [5, 5.41) is 7.87. The molecule has 0 bridgehead atoms. The van der Waals surface area contributed by atoms with Crippen LogP contribution in [-0.4, -0.2) is 15.7 Å². The minimum Gasteiger partial charge on any atom is -0.488 e. The normalized spacial score (nSPS) is 12.1. The fourth-order valence-corrected chi connectivity index (χ4v) is 3.07. The maximum absolute atomic E-state index is 12.4. The van der Waals surface area contributed by atoms with Crippen molar-refractivity contribution in [2.75, 3.05) is 5.32 Å². The summed E-state index contributed by atoms with van der Waals surface area (Å²) < 4.78 is 7.49. The summed E-state index contributed by atoms with van der Waals surface area (Å²) >= 11 is 5.86. The molecule has 5 nitrogen and oxygen atoms in total. The van der Waals surface area contributed by atoms with Crippen molar-refractivity contribution >= 4 is 23.2 Å². The van der Waals surface area contributed by atoms with Gasteiger partial charge in [0, 0.05) is 21.8 Å². The molecule has 2 aromatic carbocycles. The Morgan fingerprint density at radius 1 is 1.28 bits per heavy atom. The van der Waals surface area contributed by atoms with Gasteiger partial charge in [-0.3, -0.25) is 9.48 Å². The molecule has 1 aliphatic heterocycles. The van der Waals surface area contributed by atoms with E-state index in [-0.39, 0.29) is 12.5 Å². The number of anilines is 1. The van der Waals surface area contributed by atoms with Crippen molar-refractivity contribution in [3.05, 3.63) is 64.8 Å². The van der Waals surface area contributed by atoms with Gasteiger partial charge in [-0.2, -0.15) is 5.10 Å². The van der Waals surface area contributed by atoms with Gasteiger partial charge in [-0.05, 0) is 43.3 Å². The third-order valence-corrected chi connectivity index (χ3v) is 4.36. The third-order valence-electron chi connectivity index (χ3n) is 4.11. The summed E-state index contributed by atoms with van der Waals surface area (Å²) in [6, 6.07) is 13.0. The number of hydrogen-bond donors (Lipinski definition) is 1. The quantitative estimate of drug-likeness (QED) is 0.773. The van der Waals surface area contributed by atoms with Crippen LogP contribution in [-0.2, 0) is 17.9 Å². The van der Waals surface area contributed by atoms with Gasteiger partial charge >= 0.3 is 0 Å². The van der Waals surface area contributed by atoms with E-state index < -0.39 is 0 Å². The molecule has 1 aliphatic rings. The van der Waals surface area contributed by atoms with Gasteiger partial charge in [-0.15, -0.1) is 0 Å². The number of carbonyl (C=O) groups is 1. The van der Waals surface area contributed by atoms with Crippen molar-refractivity contribution in [2.45, 2.75) is 20.1 Å². The molecule has 0 atom stereocenters. The molecule has 0 saturated carbocycles. The second kappa shape index (κ2) is 6.26. The number of amides is 1. The van der Waals surface area contributed by atoms with Crippen molar-refractivity contribution in [3.63, 3.8) is 0 Å². The first-order valence-corrected chi connectivity index (χ1v) is 8.32. The minimum atomic E-state index is -0.145. The van der Waals surface area contributed by atoms with Gasteiger partial charge in [0.1, 0.15) is 18.9 Å². The molecular weight excluding hydrogens is 338 g/mol. The van der Waals surface area contributed by atoms with Crippen molar-refractivity contribution in [1.29, 1.82) is 0 Å². The van der Waals surface area contributed by atoms with Gasteiger partial charge in [0.25, 0.3) is 0 Å². The molecule has 0 radical (unpaired) electrons. The summed E-state index contributed by atoms with van der Waals surface area (Å²) in [7, 11) is 0. The van der Waals surface area contributed by atoms with Crippen molar-refractivity contribution in [3.8, 4) is 17.0 Å². The lowest BCUT2D eigenvalue weighted by molar-refractivity contribution is -0.116. The smallest absolute Gasteiger partial charge is 0.246 e. The molecule has 0 unspecified atom stereocenters. The van der Waals surface area contributed by atoms with Crippen molar-refractivity contribution < 1.29 is 9.53 Å². The molecule has 126 valence electrons. The summed E-state index contributed by atoms with van der Waals surface area (Å²) in [6.45, 7) is 2.62. The Morgan fingerprint density at radius 3 is 2.88 bits per heavy atom. The Bertz CT molecular complexity index is 948. The van der Waals surface area contributed by atoms with Gasteiger partial charge in [-0.1, -0.05) is 23.2 Å². The molecule has 4 rings (SSSR count). The maximum atomic E-state index is 12.4. The molecule has 25 heavy (non-hydrogen) atoms. The highest BCUT2D eigenvalue weighted by atomic mass is 35.5. The van der Waals surface area contributed by atoms with E-state index in [9.17, 15) is 4.79 Å². The van der Waals surface area contributed by atoms with Crippen LogP contribution in [0.25, 0.3) is 11.3 Å². The number of benzene rings is 2. The Hall–Kier alpha value is -2.79. The number of halogens is 1. The molecule has 3 aromatic rings. The van der Waals surface area contributed by atoms with Gasteiger partial charge in [-0.25, -0.2) is 0 Å². The van der Waals surface area contributed by atoms with Crippen LogP contribution in [0.1, 0.15) is 11.1 Å². The Kier molecular flexibility index (Phi) is 3.93. The van der Waals surface area contributed by atoms with Crippen LogP contribution in [0.4, 0.5) is 5.69 Å². The maximum Gasteiger partial charge on any atom is 0.246 e. The number of fused-ring (bicyclic) bond motifs is 3. The predicted molar refractivity (Wildman–Crippen MR) is 96.8 cm³/mol. The molecule has 0 fully saturated rings. The number of carbonyl (C=O) groups excluding carboxylic acids is 1. The van der Waals surface area contributed by atoms with E-state index in [1.807, 2.05) is 19.1 Å². The third kappa shape index (κ3) is 3.10. The molecule has 6 heteroatoms. The first-order chi connectivity index (χ1) is 12.1. The summed E-state index contributed by atoms with van der Waals surface area (Å²) in [4.78, 5) is 12.4. The second-order valence-corrected chi connectivity index (χ2v) is 6.46. The minimum absolute atomic E-state index is 0.130.